The minimum Gasteiger partial charge on any atom is -0.491 e. The number of benzene rings is 2. The molecule has 7 heteroatoms. The molecule has 1 fully saturated rings. The molecule has 0 unspecified atom stereocenters. The summed E-state index contributed by atoms with van der Waals surface area (Å²) in [6.07, 6.45) is 4.16. The van der Waals surface area contributed by atoms with Crippen molar-refractivity contribution < 1.29 is 19.0 Å². The van der Waals surface area contributed by atoms with Gasteiger partial charge in [-0.3, -0.25) is 9.78 Å². The first kappa shape index (κ1) is 25.1. The molecule has 2 N–H and O–H groups in total. The fourth-order valence-electron chi connectivity index (χ4n) is 4.07. The summed E-state index contributed by atoms with van der Waals surface area (Å²) in [4.78, 5) is 17.5. The van der Waals surface area contributed by atoms with Gasteiger partial charge >= 0.3 is 0 Å². The first-order chi connectivity index (χ1) is 16.8. The van der Waals surface area contributed by atoms with Crippen LogP contribution in [0.1, 0.15) is 48.2 Å². The predicted molar refractivity (Wildman–Crippen MR) is 138 cm³/mol. The minimum absolute atomic E-state index is 0.164. The molecular weight excluding hydrogens is 442 g/mol. The van der Waals surface area contributed by atoms with Gasteiger partial charge in [0, 0.05) is 49.6 Å². The van der Waals surface area contributed by atoms with Gasteiger partial charge < -0.3 is 24.8 Å². The molecule has 1 atom stereocenters. The SMILES string of the molecule is COC(C)(C)CNCc1cnc2c(C)c(NC(=O)c3ccc(OC[C@H]4CCCO4)cc3)ccc2c1. The minimum atomic E-state index is -0.217. The molecule has 0 bridgehead atoms. The third-order valence-electron chi connectivity index (χ3n) is 6.42. The van der Waals surface area contributed by atoms with E-state index in [9.17, 15) is 4.79 Å². The van der Waals surface area contributed by atoms with Gasteiger partial charge in [-0.1, -0.05) is 6.07 Å². The van der Waals surface area contributed by atoms with E-state index in [1.165, 1.54) is 0 Å². The van der Waals surface area contributed by atoms with E-state index in [4.69, 9.17) is 14.2 Å². The number of methoxy groups -OCH3 is 1. The zero-order valence-corrected chi connectivity index (χ0v) is 21.0. The molecule has 0 saturated carbocycles. The smallest absolute Gasteiger partial charge is 0.255 e. The molecule has 0 spiro atoms. The van der Waals surface area contributed by atoms with Crippen LogP contribution in [0.2, 0.25) is 0 Å². The number of fused-ring (bicyclic) bond motifs is 1. The van der Waals surface area contributed by atoms with E-state index in [0.29, 0.717) is 18.7 Å². The lowest BCUT2D eigenvalue weighted by atomic mass is 10.1. The summed E-state index contributed by atoms with van der Waals surface area (Å²) in [6.45, 7) is 8.87. The Hall–Kier alpha value is -3.00. The average Bonchev–Trinajstić information content (AvgIpc) is 3.38. The molecule has 4 rings (SSSR count). The number of carbonyl (C=O) groups excluding carboxylic acids is 1. The Morgan fingerprint density at radius 2 is 2.00 bits per heavy atom. The number of pyridine rings is 1. The Bertz CT molecular complexity index is 1150. The Morgan fingerprint density at radius 3 is 2.71 bits per heavy atom. The van der Waals surface area contributed by atoms with Gasteiger partial charge in [0.15, 0.2) is 0 Å². The number of nitrogens with one attached hydrogen (secondary N) is 2. The number of carbonyl (C=O) groups is 1. The normalized spacial score (nSPS) is 15.9. The third-order valence-corrected chi connectivity index (χ3v) is 6.42. The van der Waals surface area contributed by atoms with Crippen LogP contribution in [0.15, 0.2) is 48.7 Å². The van der Waals surface area contributed by atoms with Crippen molar-refractivity contribution in [3.8, 4) is 5.75 Å². The molecule has 186 valence electrons. The second kappa shape index (κ2) is 11.2. The first-order valence-electron chi connectivity index (χ1n) is 12.1. The highest BCUT2D eigenvalue weighted by Gasteiger charge is 2.17. The van der Waals surface area contributed by atoms with Crippen molar-refractivity contribution >= 4 is 22.5 Å². The lowest BCUT2D eigenvalue weighted by molar-refractivity contribution is 0.0230. The Balaban J connectivity index is 1.37. The molecule has 0 aliphatic carbocycles. The molecule has 1 aliphatic rings. The summed E-state index contributed by atoms with van der Waals surface area (Å²) in [6, 6.07) is 13.3. The molecule has 2 heterocycles. The Labute approximate surface area is 207 Å². The average molecular weight is 478 g/mol. The van der Waals surface area contributed by atoms with E-state index >= 15 is 0 Å². The van der Waals surface area contributed by atoms with Crippen molar-refractivity contribution in [1.29, 1.82) is 0 Å². The highest BCUT2D eigenvalue weighted by atomic mass is 16.5. The molecule has 1 aromatic heterocycles. The summed E-state index contributed by atoms with van der Waals surface area (Å²) in [5, 5.41) is 7.48. The number of ether oxygens (including phenoxy) is 3. The van der Waals surface area contributed by atoms with E-state index in [0.717, 1.165) is 59.5 Å². The largest absolute Gasteiger partial charge is 0.491 e. The van der Waals surface area contributed by atoms with E-state index < -0.39 is 0 Å². The van der Waals surface area contributed by atoms with Gasteiger partial charge in [-0.2, -0.15) is 0 Å². The topological polar surface area (TPSA) is 81.7 Å². The van der Waals surface area contributed by atoms with E-state index in [1.807, 2.05) is 51.2 Å². The number of aryl methyl sites for hydroxylation is 1. The van der Waals surface area contributed by atoms with Gasteiger partial charge in [-0.05, 0) is 81.1 Å². The predicted octanol–water partition coefficient (Wildman–Crippen LogP) is 4.87. The monoisotopic (exact) mass is 477 g/mol. The summed E-state index contributed by atoms with van der Waals surface area (Å²) >= 11 is 0. The molecule has 0 radical (unpaired) electrons. The zero-order valence-electron chi connectivity index (χ0n) is 21.0. The van der Waals surface area contributed by atoms with Crippen molar-refractivity contribution in [3.63, 3.8) is 0 Å². The summed E-state index contributed by atoms with van der Waals surface area (Å²) in [5.41, 5.74) is 4.02. The highest BCUT2D eigenvalue weighted by molar-refractivity contribution is 6.06. The molecule has 7 nitrogen and oxygen atoms in total. The van der Waals surface area contributed by atoms with Gasteiger partial charge in [-0.25, -0.2) is 0 Å². The summed E-state index contributed by atoms with van der Waals surface area (Å²) in [5.74, 6) is 0.568. The molecule has 35 heavy (non-hydrogen) atoms. The fourth-order valence-corrected chi connectivity index (χ4v) is 4.07. The van der Waals surface area contributed by atoms with Crippen LogP contribution >= 0.6 is 0 Å². The Morgan fingerprint density at radius 1 is 1.20 bits per heavy atom. The lowest BCUT2D eigenvalue weighted by Gasteiger charge is -2.23. The van der Waals surface area contributed by atoms with Gasteiger partial charge in [0.25, 0.3) is 5.91 Å². The number of nitrogens with zero attached hydrogens (tertiary/aromatic N) is 1. The van der Waals surface area contributed by atoms with Gasteiger partial charge in [0.1, 0.15) is 12.4 Å². The van der Waals surface area contributed by atoms with Crippen LogP contribution in [0.25, 0.3) is 10.9 Å². The lowest BCUT2D eigenvalue weighted by Crippen LogP contribution is -2.36. The number of amides is 1. The van der Waals surface area contributed by atoms with Crippen molar-refractivity contribution in [2.45, 2.75) is 51.9 Å². The first-order valence-corrected chi connectivity index (χ1v) is 12.1. The summed E-state index contributed by atoms with van der Waals surface area (Å²) < 4.78 is 16.8. The van der Waals surface area contributed by atoms with Crippen LogP contribution in [0.5, 0.6) is 5.75 Å². The number of hydrogen-bond donors (Lipinski definition) is 2. The van der Waals surface area contributed by atoms with Crippen LogP contribution in [0.4, 0.5) is 5.69 Å². The standard InChI is InChI=1S/C28H35N3O4/c1-19-25(12-9-22-14-20(16-30-26(19)22)15-29-18-28(2,3)33-4)31-27(32)21-7-10-23(11-8-21)35-17-24-6-5-13-34-24/h7-12,14,16,24,29H,5-6,13,15,17-18H2,1-4H3,(H,31,32)/t24-/m1/s1. The van der Waals surface area contributed by atoms with Crippen LogP contribution in [-0.4, -0.2) is 49.5 Å². The molecule has 3 aromatic rings. The van der Waals surface area contributed by atoms with Crippen molar-refractivity contribution in [2.24, 2.45) is 0 Å². The zero-order chi connectivity index (χ0) is 24.8. The molecule has 1 aliphatic heterocycles. The van der Waals surface area contributed by atoms with Crippen LogP contribution in [0, 0.1) is 6.92 Å². The van der Waals surface area contributed by atoms with Crippen LogP contribution in [0.3, 0.4) is 0 Å². The maximum Gasteiger partial charge on any atom is 0.255 e. The molecular formula is C28H35N3O4. The van der Waals surface area contributed by atoms with Crippen LogP contribution < -0.4 is 15.4 Å². The number of rotatable bonds is 10. The van der Waals surface area contributed by atoms with Crippen molar-refractivity contribution in [1.82, 2.24) is 10.3 Å². The maximum atomic E-state index is 12.8. The number of anilines is 1. The van der Waals surface area contributed by atoms with Gasteiger partial charge in [-0.15, -0.1) is 0 Å². The van der Waals surface area contributed by atoms with Gasteiger partial charge in [0.2, 0.25) is 0 Å². The second-order valence-electron chi connectivity index (χ2n) is 9.65. The summed E-state index contributed by atoms with van der Waals surface area (Å²) in [7, 11) is 1.72. The van der Waals surface area contributed by atoms with Crippen molar-refractivity contribution in [3.05, 3.63) is 65.4 Å². The van der Waals surface area contributed by atoms with E-state index in [2.05, 4.69) is 21.7 Å². The second-order valence-corrected chi connectivity index (χ2v) is 9.65. The number of aromatic nitrogens is 1. The fraction of sp³-hybridized carbons (Fsp3) is 0.429. The van der Waals surface area contributed by atoms with Crippen molar-refractivity contribution in [2.75, 3.05) is 32.2 Å². The van der Waals surface area contributed by atoms with Gasteiger partial charge in [0.05, 0.1) is 17.2 Å². The van der Waals surface area contributed by atoms with Crippen LogP contribution in [-0.2, 0) is 16.0 Å². The molecule has 1 saturated heterocycles. The quantitative estimate of drug-likeness (QED) is 0.434. The maximum absolute atomic E-state index is 12.8. The molecule has 2 aromatic carbocycles. The number of hydrogen-bond acceptors (Lipinski definition) is 6. The highest BCUT2D eigenvalue weighted by Crippen LogP contribution is 2.25. The third kappa shape index (κ3) is 6.57. The molecule has 1 amide bonds. The van der Waals surface area contributed by atoms with E-state index in [1.54, 1.807) is 19.2 Å². The van der Waals surface area contributed by atoms with E-state index in [-0.39, 0.29) is 17.6 Å². The Kier molecular flexibility index (Phi) is 8.00.